The lowest BCUT2D eigenvalue weighted by atomic mass is 10.0. The molecule has 0 fully saturated rings. The number of aryl methyl sites for hydroxylation is 4. The molecule has 2 aromatic carbocycles. The van der Waals surface area contributed by atoms with Crippen molar-refractivity contribution in [3.63, 3.8) is 0 Å². The summed E-state index contributed by atoms with van der Waals surface area (Å²) in [5.41, 5.74) is 2.14. The normalized spacial score (nSPS) is 11.3. The number of carbonyl (C=O) groups is 2. The molecule has 32 heavy (non-hydrogen) atoms. The molecule has 2 rings (SSSR count). The third-order valence-electron chi connectivity index (χ3n) is 4.81. The van der Waals surface area contributed by atoms with Crippen molar-refractivity contribution in [3.05, 3.63) is 58.2 Å². The standard InChI is InChI=1S/C25H31F2NO4/c1-13(2)31-24(29)23(25(30)32-14(3)4)28(19-9-15(5)21(26)16(6)10-19)20-11-17(7)22(27)18(8)12-20/h9-14,23H,1-8H3. The maximum Gasteiger partial charge on any atom is 0.341 e. The number of carbonyl (C=O) groups excluding carboxylic acids is 2. The van der Waals surface area contributed by atoms with Crippen molar-refractivity contribution in [2.75, 3.05) is 4.90 Å². The molecule has 0 bridgehead atoms. The molecule has 2 aromatic rings. The summed E-state index contributed by atoms with van der Waals surface area (Å²) in [6, 6.07) is 4.64. The van der Waals surface area contributed by atoms with E-state index >= 15 is 0 Å². The fourth-order valence-corrected chi connectivity index (χ4v) is 3.47. The average molecular weight is 448 g/mol. The van der Waals surface area contributed by atoms with Crippen LogP contribution in [0.1, 0.15) is 49.9 Å². The highest BCUT2D eigenvalue weighted by Crippen LogP contribution is 2.34. The van der Waals surface area contributed by atoms with Crippen LogP contribution in [0.25, 0.3) is 0 Å². The molecule has 0 N–H and O–H groups in total. The van der Waals surface area contributed by atoms with Crippen LogP contribution in [0.15, 0.2) is 24.3 Å². The minimum Gasteiger partial charge on any atom is -0.461 e. The van der Waals surface area contributed by atoms with Gasteiger partial charge >= 0.3 is 11.9 Å². The lowest BCUT2D eigenvalue weighted by Gasteiger charge is -2.33. The summed E-state index contributed by atoms with van der Waals surface area (Å²) in [4.78, 5) is 27.7. The van der Waals surface area contributed by atoms with Crippen LogP contribution in [0.3, 0.4) is 0 Å². The summed E-state index contributed by atoms with van der Waals surface area (Å²) in [7, 11) is 0. The minimum atomic E-state index is -1.51. The zero-order valence-electron chi connectivity index (χ0n) is 19.9. The van der Waals surface area contributed by atoms with Crippen LogP contribution >= 0.6 is 0 Å². The van der Waals surface area contributed by atoms with Gasteiger partial charge in [0.25, 0.3) is 0 Å². The highest BCUT2D eigenvalue weighted by atomic mass is 19.1. The maximum atomic E-state index is 14.4. The van der Waals surface area contributed by atoms with Gasteiger partial charge in [0, 0.05) is 11.4 Å². The summed E-state index contributed by atoms with van der Waals surface area (Å²) in [6.45, 7) is 13.1. The largest absolute Gasteiger partial charge is 0.461 e. The molecule has 7 heteroatoms. The van der Waals surface area contributed by atoms with Gasteiger partial charge in [0.2, 0.25) is 6.04 Å². The molecule has 0 heterocycles. The van der Waals surface area contributed by atoms with Crippen LogP contribution in [-0.4, -0.2) is 30.2 Å². The summed E-state index contributed by atoms with van der Waals surface area (Å²) in [6.07, 6.45) is -0.959. The number of nitrogens with zero attached hydrogens (tertiary/aromatic N) is 1. The van der Waals surface area contributed by atoms with Crippen LogP contribution in [0.4, 0.5) is 20.2 Å². The van der Waals surface area contributed by atoms with Gasteiger partial charge in [0.15, 0.2) is 0 Å². The lowest BCUT2D eigenvalue weighted by molar-refractivity contribution is -0.160. The van der Waals surface area contributed by atoms with Gasteiger partial charge in [-0.1, -0.05) is 0 Å². The highest BCUT2D eigenvalue weighted by molar-refractivity contribution is 6.04. The van der Waals surface area contributed by atoms with Gasteiger partial charge in [-0.3, -0.25) is 0 Å². The van der Waals surface area contributed by atoms with Crippen molar-refractivity contribution < 1.29 is 27.8 Å². The van der Waals surface area contributed by atoms with Crippen LogP contribution in [0.2, 0.25) is 0 Å². The van der Waals surface area contributed by atoms with E-state index in [1.54, 1.807) is 55.4 Å². The first-order valence-electron chi connectivity index (χ1n) is 10.6. The molecular weight excluding hydrogens is 416 g/mol. The Kier molecular flexibility index (Phi) is 7.99. The lowest BCUT2D eigenvalue weighted by Crippen LogP contribution is -2.47. The Balaban J connectivity index is 2.81. The average Bonchev–Trinajstić information content (AvgIpc) is 2.66. The van der Waals surface area contributed by atoms with E-state index in [9.17, 15) is 18.4 Å². The summed E-state index contributed by atoms with van der Waals surface area (Å²) in [5, 5.41) is 0. The topological polar surface area (TPSA) is 55.8 Å². The Hall–Kier alpha value is -2.96. The van der Waals surface area contributed by atoms with Crippen LogP contribution in [0.5, 0.6) is 0 Å². The van der Waals surface area contributed by atoms with E-state index in [4.69, 9.17) is 9.47 Å². The number of ether oxygens (including phenoxy) is 2. The van der Waals surface area contributed by atoms with Gasteiger partial charge in [-0.05, 0) is 102 Å². The molecule has 0 aliphatic rings. The first-order chi connectivity index (χ1) is 14.8. The molecule has 0 spiro atoms. The summed E-state index contributed by atoms with van der Waals surface area (Å²) in [5.74, 6) is -2.40. The van der Waals surface area contributed by atoms with E-state index < -0.39 is 30.2 Å². The van der Waals surface area contributed by atoms with E-state index in [0.717, 1.165) is 0 Å². The number of benzene rings is 2. The van der Waals surface area contributed by atoms with Crippen molar-refractivity contribution in [2.24, 2.45) is 0 Å². The molecular formula is C25H31F2NO4. The number of rotatable bonds is 7. The van der Waals surface area contributed by atoms with Crippen molar-refractivity contribution in [2.45, 2.75) is 73.6 Å². The van der Waals surface area contributed by atoms with E-state index in [-0.39, 0.29) is 11.6 Å². The number of esters is 2. The Morgan fingerprint density at radius 1 is 0.688 bits per heavy atom. The molecule has 0 aromatic heterocycles. The number of hydrogen-bond donors (Lipinski definition) is 0. The molecule has 0 radical (unpaired) electrons. The van der Waals surface area contributed by atoms with Gasteiger partial charge in [0.1, 0.15) is 11.6 Å². The number of hydrogen-bond acceptors (Lipinski definition) is 5. The van der Waals surface area contributed by atoms with Crippen LogP contribution in [0, 0.1) is 39.3 Å². The molecule has 0 aliphatic heterocycles. The predicted molar refractivity (Wildman–Crippen MR) is 120 cm³/mol. The van der Waals surface area contributed by atoms with Gasteiger partial charge in [-0.25, -0.2) is 18.4 Å². The highest BCUT2D eigenvalue weighted by Gasteiger charge is 2.39. The second-order valence-electron chi connectivity index (χ2n) is 8.53. The fraction of sp³-hybridized carbons (Fsp3) is 0.440. The van der Waals surface area contributed by atoms with Gasteiger partial charge in [-0.2, -0.15) is 0 Å². The minimum absolute atomic E-state index is 0.341. The van der Waals surface area contributed by atoms with Gasteiger partial charge in [0.05, 0.1) is 12.2 Å². The molecule has 0 unspecified atom stereocenters. The van der Waals surface area contributed by atoms with Crippen molar-refractivity contribution >= 4 is 23.3 Å². The van der Waals surface area contributed by atoms with Crippen LogP contribution in [-0.2, 0) is 19.1 Å². The Labute approximate surface area is 188 Å². The van der Waals surface area contributed by atoms with Crippen molar-refractivity contribution in [1.82, 2.24) is 0 Å². The van der Waals surface area contributed by atoms with E-state index in [0.29, 0.717) is 33.6 Å². The van der Waals surface area contributed by atoms with E-state index in [1.165, 1.54) is 29.2 Å². The molecule has 0 amide bonds. The molecule has 0 atom stereocenters. The fourth-order valence-electron chi connectivity index (χ4n) is 3.47. The first kappa shape index (κ1) is 25.3. The Morgan fingerprint density at radius 2 is 0.969 bits per heavy atom. The molecule has 5 nitrogen and oxygen atoms in total. The van der Waals surface area contributed by atoms with Crippen LogP contribution < -0.4 is 4.90 Å². The first-order valence-corrected chi connectivity index (χ1v) is 10.6. The van der Waals surface area contributed by atoms with E-state index in [2.05, 4.69) is 0 Å². The van der Waals surface area contributed by atoms with Gasteiger partial charge < -0.3 is 14.4 Å². The monoisotopic (exact) mass is 447 g/mol. The molecule has 174 valence electrons. The zero-order valence-corrected chi connectivity index (χ0v) is 19.9. The second-order valence-corrected chi connectivity index (χ2v) is 8.53. The SMILES string of the molecule is Cc1cc(N(c2cc(C)c(F)c(C)c2)C(C(=O)OC(C)C)C(=O)OC(C)C)cc(C)c1F. The van der Waals surface area contributed by atoms with E-state index in [1.807, 2.05) is 0 Å². The third-order valence-corrected chi connectivity index (χ3v) is 4.81. The van der Waals surface area contributed by atoms with Gasteiger partial charge in [-0.15, -0.1) is 0 Å². The predicted octanol–water partition coefficient (Wildman–Crippen LogP) is 5.61. The summed E-state index contributed by atoms with van der Waals surface area (Å²) >= 11 is 0. The quantitative estimate of drug-likeness (QED) is 0.408. The third kappa shape index (κ3) is 5.64. The maximum absolute atomic E-state index is 14.4. The second kappa shape index (κ2) is 10.1. The number of anilines is 2. The zero-order chi connectivity index (χ0) is 24.3. The van der Waals surface area contributed by atoms with Crippen molar-refractivity contribution in [1.29, 1.82) is 0 Å². The Bertz CT molecular complexity index is 891. The Morgan fingerprint density at radius 3 is 1.22 bits per heavy atom. The molecule has 0 aliphatic carbocycles. The molecule has 0 saturated heterocycles. The van der Waals surface area contributed by atoms with Crippen molar-refractivity contribution in [3.8, 4) is 0 Å². The summed E-state index contributed by atoms with van der Waals surface area (Å²) < 4.78 is 39.5. The smallest absolute Gasteiger partial charge is 0.341 e. The number of halogens is 2. The molecule has 0 saturated carbocycles.